The Morgan fingerprint density at radius 2 is 1.43 bits per heavy atom. The maximum Gasteiger partial charge on any atom is 0.251 e. The Morgan fingerprint density at radius 3 is 2.08 bits per heavy atom. The van der Waals surface area contributed by atoms with Crippen LogP contribution < -0.4 is 30.6 Å². The topological polar surface area (TPSA) is 316 Å². The molecule has 10 N–H and O–H groups in total. The third-order valence-corrected chi connectivity index (χ3v) is 14.6. The number of nitrogens with zero attached hydrogens (tertiary/aromatic N) is 2. The third-order valence-electron chi connectivity index (χ3n) is 14.6. The van der Waals surface area contributed by atoms with Crippen molar-refractivity contribution < 1.29 is 83.7 Å². The van der Waals surface area contributed by atoms with Gasteiger partial charge in [-0.3, -0.25) is 9.59 Å². The fraction of sp³-hybridized carbons (Fsp3) is 0.586. The van der Waals surface area contributed by atoms with Crippen molar-refractivity contribution in [3.05, 3.63) is 83.2 Å². The number of aromatic carboxylic acids is 1. The first-order valence-electron chi connectivity index (χ1n) is 27.5. The number of rotatable bonds is 29. The first kappa shape index (κ1) is 62.8. The first-order chi connectivity index (χ1) is 37.9. The number of carboxylic acid groups (broad SMARTS) is 1. The number of carbonyl (C=O) groups excluding carboxylic acids is 3. The van der Waals surface area contributed by atoms with Crippen molar-refractivity contribution in [2.24, 2.45) is 0 Å². The molecule has 0 radical (unpaired) electrons. The zero-order chi connectivity index (χ0) is 57.3. The summed E-state index contributed by atoms with van der Waals surface area (Å²) in [7, 11) is 7.55. The molecule has 0 saturated carbocycles. The highest BCUT2D eigenvalue weighted by molar-refractivity contribution is 6.09. The third kappa shape index (κ3) is 16.6. The first-order valence-corrected chi connectivity index (χ1v) is 27.5. The van der Waals surface area contributed by atoms with Gasteiger partial charge in [-0.15, -0.1) is 0 Å². The molecule has 6 rings (SSSR count). The van der Waals surface area contributed by atoms with E-state index in [1.807, 2.05) is 74.1 Å². The van der Waals surface area contributed by atoms with Crippen molar-refractivity contribution >= 4 is 34.4 Å². The Kier molecular flexibility index (Phi) is 24.2. The van der Waals surface area contributed by atoms with Gasteiger partial charge in [0.25, 0.3) is 5.91 Å². The van der Waals surface area contributed by atoms with E-state index in [0.29, 0.717) is 34.3 Å². The van der Waals surface area contributed by atoms with Crippen LogP contribution in [0.1, 0.15) is 111 Å². The van der Waals surface area contributed by atoms with E-state index >= 15 is 0 Å². The summed E-state index contributed by atoms with van der Waals surface area (Å²) in [6.45, 7) is -0.0481. The van der Waals surface area contributed by atoms with Gasteiger partial charge >= 0.3 is 0 Å². The smallest absolute Gasteiger partial charge is 0.251 e. The number of anilines is 1. The lowest BCUT2D eigenvalue weighted by atomic mass is 9.89. The number of aliphatic hydroxyl groups excluding tert-OH is 8. The summed E-state index contributed by atoms with van der Waals surface area (Å²) in [6, 6.07) is 14.1. The maximum absolute atomic E-state index is 13.8. The van der Waals surface area contributed by atoms with Crippen molar-refractivity contribution in [3.63, 3.8) is 0 Å². The molecule has 436 valence electrons. The molecule has 0 bridgehead atoms. The van der Waals surface area contributed by atoms with Crippen molar-refractivity contribution in [1.29, 1.82) is 0 Å². The number of ether oxygens (including phenoxy) is 4. The van der Waals surface area contributed by atoms with Crippen molar-refractivity contribution in [1.82, 2.24) is 15.2 Å². The summed E-state index contributed by atoms with van der Waals surface area (Å²) in [5.74, 6) is -2.21. The molecule has 2 amide bonds. The van der Waals surface area contributed by atoms with E-state index < -0.39 is 111 Å². The molecule has 0 aromatic heterocycles. The van der Waals surface area contributed by atoms with Gasteiger partial charge < -0.3 is 89.7 Å². The largest absolute Gasteiger partial charge is 0.545 e. The molecule has 2 aromatic rings. The lowest BCUT2D eigenvalue weighted by Gasteiger charge is -2.46. The number of amides is 2. The zero-order valence-corrected chi connectivity index (χ0v) is 45.9. The van der Waals surface area contributed by atoms with Gasteiger partial charge in [0.05, 0.1) is 44.0 Å². The Hall–Kier alpha value is -5.40. The number of unbranched alkanes of at least 4 members (excludes halogenated alkanes) is 11. The summed E-state index contributed by atoms with van der Waals surface area (Å²) in [6.07, 6.45) is -1.62. The quantitative estimate of drug-likeness (QED) is 0.0160. The van der Waals surface area contributed by atoms with Gasteiger partial charge in [0.15, 0.2) is 12.6 Å². The highest BCUT2D eigenvalue weighted by Gasteiger charge is 2.51. The molecule has 2 fully saturated rings. The summed E-state index contributed by atoms with van der Waals surface area (Å²) in [4.78, 5) is 42.1. The molecule has 3 heterocycles. The van der Waals surface area contributed by atoms with E-state index in [4.69, 9.17) is 23.4 Å². The molecule has 21 heteroatoms. The van der Waals surface area contributed by atoms with Crippen molar-refractivity contribution in [2.45, 2.75) is 164 Å². The van der Waals surface area contributed by atoms with Crippen LogP contribution in [0.4, 0.5) is 5.69 Å². The lowest BCUT2D eigenvalue weighted by Crippen LogP contribution is -2.65. The predicted molar refractivity (Wildman–Crippen MR) is 292 cm³/mol. The fourth-order valence-electron chi connectivity index (χ4n) is 9.87. The molecular weight excluding hydrogens is 1020 g/mol. The Labute approximate surface area is 461 Å². The molecule has 21 nitrogen and oxygen atoms in total. The summed E-state index contributed by atoms with van der Waals surface area (Å²) >= 11 is 0. The predicted octanol–water partition coefficient (Wildman–Crippen LogP) is 1.53. The van der Waals surface area contributed by atoms with Crippen molar-refractivity contribution in [2.75, 3.05) is 59.5 Å². The molecule has 0 unspecified atom stereocenters. The molecule has 2 saturated heterocycles. The van der Waals surface area contributed by atoms with Gasteiger partial charge in [-0.05, 0) is 48.7 Å². The molecule has 79 heavy (non-hydrogen) atoms. The van der Waals surface area contributed by atoms with E-state index in [-0.39, 0.29) is 29.7 Å². The maximum atomic E-state index is 13.8. The van der Waals surface area contributed by atoms with Crippen LogP contribution in [0, 0.1) is 0 Å². The number of aliphatic hydroxyl groups is 8. The van der Waals surface area contributed by atoms with Crippen LogP contribution in [0.2, 0.25) is 0 Å². The van der Waals surface area contributed by atoms with Crippen LogP contribution in [-0.2, 0) is 23.7 Å². The standard InChI is InChI=1S/C58H82N4O17/c1-6-7-8-9-10-11-12-13-14-15-16-17-18-19-42(65)41(33-75-57-53(71)51(69)54(46(32-64)78-57)79-58-52(70)50(68)49(67)45(31-63)77-58)60-47(66)26-27-59-55(72)34-20-23-37(56(73)74)40(28-34)48-38-24-21-35(61(2)3)29-43(38)76-44-30-36(62(4)5)22-25-39(44)48/h18-25,28-30,41-42,45-46,49-54,57-58,63-65,67-71H,6-17,26-27,31-33H2,1-5H3,(H2-,59,60,66,72,73,74)/b19-18+/t41-,42+,45+,46+,49-,50-,51+,52+,53+,54+,57+,58-/m0/s1. The van der Waals surface area contributed by atoms with Crippen LogP contribution in [0.25, 0.3) is 33.4 Å². The van der Waals surface area contributed by atoms with Gasteiger partial charge in [0.2, 0.25) is 11.3 Å². The number of fused-ring (bicyclic) bond motifs is 2. The molecule has 0 spiro atoms. The van der Waals surface area contributed by atoms with Gasteiger partial charge in [-0.1, -0.05) is 89.4 Å². The van der Waals surface area contributed by atoms with Crippen LogP contribution in [-0.4, -0.2) is 187 Å². The highest BCUT2D eigenvalue weighted by Crippen LogP contribution is 2.42. The average molecular weight is 1110 g/mol. The molecule has 2 aromatic carbocycles. The Balaban J connectivity index is 1.13. The zero-order valence-electron chi connectivity index (χ0n) is 45.9. The van der Waals surface area contributed by atoms with E-state index in [0.717, 1.165) is 36.7 Å². The molecule has 3 aliphatic heterocycles. The molecule has 1 aliphatic carbocycles. The van der Waals surface area contributed by atoms with Crippen LogP contribution in [0.3, 0.4) is 0 Å². The number of benzene rings is 3. The second-order valence-electron chi connectivity index (χ2n) is 20.9. The highest BCUT2D eigenvalue weighted by atomic mass is 16.7. The minimum atomic E-state index is -1.87. The molecule has 12 atom stereocenters. The van der Waals surface area contributed by atoms with E-state index in [1.165, 1.54) is 69.2 Å². The van der Waals surface area contributed by atoms with Gasteiger partial charge in [0, 0.05) is 72.5 Å². The SMILES string of the molecule is CCCCCCCCCCCCC/C=C/[C@@H](O)[C@H](CO[C@@H]1O[C@H](CO)[C@@H](O[C@@H]2O[C@H](CO)[C@H](O)[C@H](O)[C@H]2O)[C@H](O)[C@H]1O)NC(=O)CCNC(=O)c1ccc(C(=O)[O-])c(-c2c3ccc(=[N+](C)C)cc-3oc3cc(N(C)C)ccc23)c1. The normalized spacial score (nSPS) is 24.2. The number of hydrogen-bond acceptors (Lipinski definition) is 18. The summed E-state index contributed by atoms with van der Waals surface area (Å²) < 4.78 is 31.0. The van der Waals surface area contributed by atoms with E-state index in [2.05, 4.69) is 17.6 Å². The van der Waals surface area contributed by atoms with Gasteiger partial charge in [-0.2, -0.15) is 0 Å². The second kappa shape index (κ2) is 30.4. The Bertz CT molecular complexity index is 2670. The van der Waals surface area contributed by atoms with Crippen molar-refractivity contribution in [3.8, 4) is 22.5 Å². The minimum absolute atomic E-state index is 0.0946. The number of allylic oxidation sites excluding steroid dienone is 1. The van der Waals surface area contributed by atoms with Crippen LogP contribution in [0.15, 0.2) is 71.2 Å². The van der Waals surface area contributed by atoms with Gasteiger partial charge in [-0.25, -0.2) is 4.58 Å². The van der Waals surface area contributed by atoms with Gasteiger partial charge in [0.1, 0.15) is 74.3 Å². The monoisotopic (exact) mass is 1110 g/mol. The number of carboxylic acids is 1. The second-order valence-corrected chi connectivity index (χ2v) is 20.9. The number of hydrogen-bond donors (Lipinski definition) is 10. The summed E-state index contributed by atoms with van der Waals surface area (Å²) in [5.41, 5.74) is 2.57. The van der Waals surface area contributed by atoms with Crippen LogP contribution >= 0.6 is 0 Å². The molecular formula is C58H82N4O17. The van der Waals surface area contributed by atoms with E-state index in [9.17, 15) is 60.3 Å². The molecule has 4 aliphatic rings. The summed E-state index contributed by atoms with van der Waals surface area (Å²) in [5, 5.41) is 104. The average Bonchev–Trinajstić information content (AvgIpc) is 3.44. The lowest BCUT2D eigenvalue weighted by molar-refractivity contribution is -0.359. The Morgan fingerprint density at radius 1 is 0.772 bits per heavy atom. The fourth-order valence-corrected chi connectivity index (χ4v) is 9.87. The number of nitrogens with one attached hydrogen (secondary N) is 2. The van der Waals surface area contributed by atoms with E-state index in [1.54, 1.807) is 6.08 Å². The number of carbonyl (C=O) groups is 3. The minimum Gasteiger partial charge on any atom is -0.545 e. The van der Waals surface area contributed by atoms with Crippen LogP contribution in [0.5, 0.6) is 0 Å².